The van der Waals surface area contributed by atoms with Crippen LogP contribution < -0.4 is 14.4 Å². The first kappa shape index (κ1) is 35.2. The average Bonchev–Trinajstić information content (AvgIpc) is 3.49. The third-order valence-corrected chi connectivity index (χ3v) is 13.7. The van der Waals surface area contributed by atoms with E-state index in [2.05, 4.69) is 15.7 Å². The highest BCUT2D eigenvalue weighted by Crippen LogP contribution is 2.45. The summed E-state index contributed by atoms with van der Waals surface area (Å²) in [6, 6.07) is 9.78. The Hall–Kier alpha value is -3.19. The molecule has 2 aromatic rings. The summed E-state index contributed by atoms with van der Waals surface area (Å²) >= 11 is 6.44. The minimum Gasteiger partial charge on any atom is -0.490 e. The standard InChI is InChI=1S/C37H46ClFN4O6S/c1-24-7-11-31(39)34(36(45)41-15-17-48-18-16-41)43-14-4-6-29(43)21-42-22-37(13-3-5-26-19-28(38)9-10-30(26)37)23-49-33-12-8-27(20-32(33)42)35(44)40-50(46,47)25(24)2/h8-12,19-20,24-25,29,34H,3-7,13-18,21-23H2,1-2H3,(H,40,44)/b31-11-/t24-,25+,29-,34+,37-/m0/s1. The van der Waals surface area contributed by atoms with E-state index in [9.17, 15) is 18.0 Å². The average molecular weight is 729 g/mol. The lowest BCUT2D eigenvalue weighted by molar-refractivity contribution is -0.140. The maximum Gasteiger partial charge on any atom is 0.264 e. The van der Waals surface area contributed by atoms with Gasteiger partial charge in [-0.25, -0.2) is 17.5 Å². The number of anilines is 1. The predicted octanol–water partition coefficient (Wildman–Crippen LogP) is 4.85. The Kier molecular flexibility index (Phi) is 9.92. The fraction of sp³-hybridized carbons (Fsp3) is 0.568. The lowest BCUT2D eigenvalue weighted by atomic mass is 9.70. The summed E-state index contributed by atoms with van der Waals surface area (Å²) in [7, 11) is -4.12. The van der Waals surface area contributed by atoms with E-state index >= 15 is 4.39 Å². The first-order chi connectivity index (χ1) is 24.0. The highest BCUT2D eigenvalue weighted by Gasteiger charge is 2.45. The normalized spacial score (nSPS) is 31.4. The van der Waals surface area contributed by atoms with Gasteiger partial charge in [-0.1, -0.05) is 30.7 Å². The molecule has 50 heavy (non-hydrogen) atoms. The van der Waals surface area contributed by atoms with Gasteiger partial charge < -0.3 is 19.3 Å². The lowest BCUT2D eigenvalue weighted by Gasteiger charge is -2.43. The molecule has 5 aliphatic rings. The van der Waals surface area contributed by atoms with Crippen LogP contribution in [0.3, 0.4) is 0 Å². The maximum absolute atomic E-state index is 16.6. The Morgan fingerprint density at radius 3 is 2.68 bits per heavy atom. The van der Waals surface area contributed by atoms with Crippen molar-refractivity contribution in [3.8, 4) is 5.75 Å². The number of aryl methyl sites for hydroxylation is 1. The molecular weight excluding hydrogens is 683 g/mol. The molecule has 0 saturated carbocycles. The fourth-order valence-electron chi connectivity index (χ4n) is 8.47. The number of benzene rings is 2. The maximum atomic E-state index is 16.6. The Balaban J connectivity index is 1.34. The van der Waals surface area contributed by atoms with E-state index < -0.39 is 44.4 Å². The summed E-state index contributed by atoms with van der Waals surface area (Å²) in [6.45, 7) is 6.75. The van der Waals surface area contributed by atoms with Crippen molar-refractivity contribution in [1.29, 1.82) is 0 Å². The van der Waals surface area contributed by atoms with Gasteiger partial charge in [0.1, 0.15) is 17.6 Å². The number of morpholine rings is 1. The number of allylic oxidation sites excluding steroid dienone is 1. The van der Waals surface area contributed by atoms with Gasteiger partial charge in [0.15, 0.2) is 0 Å². The number of hydrogen-bond acceptors (Lipinski definition) is 8. The summed E-state index contributed by atoms with van der Waals surface area (Å²) in [6.07, 6.45) is 5.75. The zero-order chi connectivity index (χ0) is 35.2. The molecule has 2 fully saturated rings. The zero-order valence-electron chi connectivity index (χ0n) is 28.7. The molecule has 1 aliphatic carbocycles. The molecule has 0 aromatic heterocycles. The Bertz CT molecular complexity index is 1780. The number of sulfonamides is 1. The summed E-state index contributed by atoms with van der Waals surface area (Å²) in [5, 5.41) is -0.317. The molecule has 270 valence electrons. The van der Waals surface area contributed by atoms with Crippen LogP contribution in [0.25, 0.3) is 0 Å². The summed E-state index contributed by atoms with van der Waals surface area (Å²) in [4.78, 5) is 33.7. The van der Waals surface area contributed by atoms with Crippen LogP contribution in [0.1, 0.15) is 67.4 Å². The second kappa shape index (κ2) is 14.1. The number of ether oxygens (including phenoxy) is 2. The van der Waals surface area contributed by atoms with Gasteiger partial charge in [-0.2, -0.15) is 0 Å². The number of nitrogens with zero attached hydrogens (tertiary/aromatic N) is 3. The highest BCUT2D eigenvalue weighted by molar-refractivity contribution is 7.90. The second-order valence-electron chi connectivity index (χ2n) is 14.6. The minimum absolute atomic E-state index is 0.0851. The number of hydrogen-bond donors (Lipinski definition) is 1. The van der Waals surface area contributed by atoms with E-state index in [0.717, 1.165) is 32.1 Å². The van der Waals surface area contributed by atoms with E-state index in [1.54, 1.807) is 30.0 Å². The number of amides is 2. The zero-order valence-corrected chi connectivity index (χ0v) is 30.3. The lowest BCUT2D eigenvalue weighted by Crippen LogP contribution is -2.56. The molecule has 10 nitrogen and oxygen atoms in total. The van der Waals surface area contributed by atoms with Gasteiger partial charge in [0.25, 0.3) is 5.91 Å². The number of halogens is 2. The van der Waals surface area contributed by atoms with Crippen molar-refractivity contribution in [1.82, 2.24) is 14.5 Å². The molecule has 1 spiro atoms. The van der Waals surface area contributed by atoms with E-state index in [4.69, 9.17) is 21.1 Å². The van der Waals surface area contributed by atoms with Crippen molar-refractivity contribution in [3.05, 3.63) is 70.0 Å². The number of nitrogens with one attached hydrogen (secondary N) is 1. The number of rotatable bonds is 1. The van der Waals surface area contributed by atoms with Crippen LogP contribution >= 0.6 is 11.6 Å². The number of carbonyl (C=O) groups is 2. The molecule has 1 N–H and O–H groups in total. The SMILES string of the molecule is C[C@@H]1[C@@H](C)C/C=C(\F)[C@H](C(=O)N2CCOCC2)N2CCC[C@H]2CN2C[C@@]3(CCCc4cc(Cl)ccc43)COc3ccc(cc32)C(=O)NS1(=O)=O. The van der Waals surface area contributed by atoms with Crippen LogP contribution in [0.4, 0.5) is 10.1 Å². The van der Waals surface area contributed by atoms with Gasteiger partial charge in [0.2, 0.25) is 15.9 Å². The van der Waals surface area contributed by atoms with Crippen LogP contribution in [0.15, 0.2) is 48.3 Å². The van der Waals surface area contributed by atoms with Crippen molar-refractivity contribution in [2.75, 3.05) is 57.4 Å². The Morgan fingerprint density at radius 2 is 1.88 bits per heavy atom. The smallest absolute Gasteiger partial charge is 0.264 e. The monoisotopic (exact) mass is 728 g/mol. The molecule has 2 amide bonds. The van der Waals surface area contributed by atoms with Gasteiger partial charge in [0, 0.05) is 48.2 Å². The molecule has 4 aliphatic heterocycles. The molecule has 2 aromatic carbocycles. The van der Waals surface area contributed by atoms with Gasteiger partial charge >= 0.3 is 0 Å². The van der Waals surface area contributed by atoms with Crippen LogP contribution in [0.2, 0.25) is 5.02 Å². The van der Waals surface area contributed by atoms with Crippen molar-refractivity contribution in [2.24, 2.45) is 5.92 Å². The first-order valence-electron chi connectivity index (χ1n) is 17.8. The highest BCUT2D eigenvalue weighted by atomic mass is 35.5. The van der Waals surface area contributed by atoms with Crippen LogP contribution in [0, 0.1) is 5.92 Å². The van der Waals surface area contributed by atoms with E-state index in [-0.39, 0.29) is 23.9 Å². The molecule has 5 atom stereocenters. The van der Waals surface area contributed by atoms with Gasteiger partial charge in [-0.05, 0) is 99.4 Å². The van der Waals surface area contributed by atoms with E-state index in [0.29, 0.717) is 69.0 Å². The van der Waals surface area contributed by atoms with Crippen LogP contribution in [0.5, 0.6) is 5.75 Å². The van der Waals surface area contributed by atoms with Crippen molar-refractivity contribution in [2.45, 2.75) is 75.1 Å². The van der Waals surface area contributed by atoms with Gasteiger partial charge in [0.05, 0.1) is 30.8 Å². The molecular formula is C37H46ClFN4O6S. The summed E-state index contributed by atoms with van der Waals surface area (Å²) in [5.74, 6) is -1.55. The number of carbonyl (C=O) groups excluding carboxylic acids is 2. The molecule has 0 unspecified atom stereocenters. The van der Waals surface area contributed by atoms with Gasteiger partial charge in [-0.15, -0.1) is 0 Å². The topological polar surface area (TPSA) is 108 Å². The molecule has 4 heterocycles. The summed E-state index contributed by atoms with van der Waals surface area (Å²) in [5.41, 5.74) is 2.84. The third-order valence-electron chi connectivity index (χ3n) is 11.5. The quantitative estimate of drug-likeness (QED) is 0.445. The fourth-order valence-corrected chi connectivity index (χ4v) is 9.95. The predicted molar refractivity (Wildman–Crippen MR) is 190 cm³/mol. The van der Waals surface area contributed by atoms with Crippen LogP contribution in [-0.4, -0.2) is 99.9 Å². The molecule has 13 heteroatoms. The van der Waals surface area contributed by atoms with E-state index in [1.807, 2.05) is 17.0 Å². The second-order valence-corrected chi connectivity index (χ2v) is 17.1. The Labute approximate surface area is 299 Å². The number of fused-ring (bicyclic) bond motifs is 4. The van der Waals surface area contributed by atoms with Crippen molar-refractivity contribution < 1.29 is 31.9 Å². The molecule has 0 radical (unpaired) electrons. The van der Waals surface area contributed by atoms with Gasteiger partial charge in [-0.3, -0.25) is 14.5 Å². The molecule has 2 saturated heterocycles. The van der Waals surface area contributed by atoms with Crippen molar-refractivity contribution >= 4 is 39.1 Å². The molecule has 7 rings (SSSR count). The first-order valence-corrected chi connectivity index (χ1v) is 19.7. The molecule has 2 bridgehead atoms. The summed E-state index contributed by atoms with van der Waals surface area (Å²) < 4.78 is 57.9. The minimum atomic E-state index is -4.12. The van der Waals surface area contributed by atoms with Crippen LogP contribution in [-0.2, 0) is 31.4 Å². The third kappa shape index (κ3) is 6.76. The Morgan fingerprint density at radius 1 is 1.08 bits per heavy atom. The van der Waals surface area contributed by atoms with Crippen molar-refractivity contribution in [3.63, 3.8) is 0 Å². The largest absolute Gasteiger partial charge is 0.490 e. The van der Waals surface area contributed by atoms with E-state index in [1.165, 1.54) is 24.1 Å².